The van der Waals surface area contributed by atoms with Crippen molar-refractivity contribution in [3.05, 3.63) is 47.0 Å². The SMILES string of the molecule is O=C1C=CC(O)(c2ccc(Cl)cc2)O1. The van der Waals surface area contributed by atoms with Crippen molar-refractivity contribution in [1.82, 2.24) is 0 Å². The fourth-order valence-corrected chi connectivity index (χ4v) is 1.37. The van der Waals surface area contributed by atoms with Crippen LogP contribution in [0.2, 0.25) is 5.02 Å². The lowest BCUT2D eigenvalue weighted by molar-refractivity contribution is -0.181. The first-order valence-corrected chi connectivity index (χ1v) is 4.38. The van der Waals surface area contributed by atoms with Gasteiger partial charge in [-0.15, -0.1) is 0 Å². The number of esters is 1. The molecule has 1 aliphatic rings. The van der Waals surface area contributed by atoms with Gasteiger partial charge in [-0.2, -0.15) is 0 Å². The van der Waals surface area contributed by atoms with E-state index in [-0.39, 0.29) is 0 Å². The highest BCUT2D eigenvalue weighted by atomic mass is 35.5. The predicted molar refractivity (Wildman–Crippen MR) is 50.6 cm³/mol. The predicted octanol–water partition coefficient (Wildman–Crippen LogP) is 1.60. The molecule has 1 N–H and O–H groups in total. The average Bonchev–Trinajstić information content (AvgIpc) is 2.48. The zero-order valence-electron chi connectivity index (χ0n) is 7.11. The van der Waals surface area contributed by atoms with Gasteiger partial charge < -0.3 is 9.84 Å². The highest BCUT2D eigenvalue weighted by molar-refractivity contribution is 6.30. The monoisotopic (exact) mass is 210 g/mol. The molecule has 0 radical (unpaired) electrons. The summed E-state index contributed by atoms with van der Waals surface area (Å²) in [5.74, 6) is -2.19. The molecule has 1 aromatic carbocycles. The van der Waals surface area contributed by atoms with E-state index in [0.29, 0.717) is 10.6 Å². The first-order valence-electron chi connectivity index (χ1n) is 4.01. The third-order valence-corrected chi connectivity index (χ3v) is 2.21. The molecular weight excluding hydrogens is 204 g/mol. The van der Waals surface area contributed by atoms with E-state index in [1.807, 2.05) is 0 Å². The van der Waals surface area contributed by atoms with Crippen LogP contribution in [0.3, 0.4) is 0 Å². The maximum Gasteiger partial charge on any atom is 0.333 e. The van der Waals surface area contributed by atoms with Crippen LogP contribution in [-0.4, -0.2) is 11.1 Å². The molecule has 14 heavy (non-hydrogen) atoms. The van der Waals surface area contributed by atoms with Gasteiger partial charge in [-0.05, 0) is 18.2 Å². The smallest absolute Gasteiger partial charge is 0.333 e. The molecule has 0 spiro atoms. The van der Waals surface area contributed by atoms with Crippen LogP contribution in [0.1, 0.15) is 5.56 Å². The molecule has 1 aliphatic heterocycles. The lowest BCUT2D eigenvalue weighted by Crippen LogP contribution is -2.24. The summed E-state index contributed by atoms with van der Waals surface area (Å²) in [6, 6.07) is 6.44. The fraction of sp³-hybridized carbons (Fsp3) is 0.100. The van der Waals surface area contributed by atoms with Crippen molar-refractivity contribution in [2.45, 2.75) is 5.79 Å². The minimum atomic E-state index is -1.64. The lowest BCUT2D eigenvalue weighted by Gasteiger charge is -2.19. The molecule has 0 aromatic heterocycles. The number of benzene rings is 1. The van der Waals surface area contributed by atoms with E-state index in [2.05, 4.69) is 0 Å². The number of carbonyl (C=O) groups excluding carboxylic acids is 1. The van der Waals surface area contributed by atoms with Crippen LogP contribution >= 0.6 is 11.6 Å². The van der Waals surface area contributed by atoms with Gasteiger partial charge in [0, 0.05) is 16.7 Å². The molecule has 1 aromatic rings. The molecule has 72 valence electrons. The quantitative estimate of drug-likeness (QED) is 0.717. The number of hydrogen-bond donors (Lipinski definition) is 1. The van der Waals surface area contributed by atoms with Crippen LogP contribution in [0.15, 0.2) is 36.4 Å². The van der Waals surface area contributed by atoms with Crippen LogP contribution in [0, 0.1) is 0 Å². The van der Waals surface area contributed by atoms with Crippen molar-refractivity contribution in [2.24, 2.45) is 0 Å². The third-order valence-electron chi connectivity index (χ3n) is 1.96. The number of carbonyl (C=O) groups is 1. The van der Waals surface area contributed by atoms with E-state index < -0.39 is 11.8 Å². The molecule has 0 saturated heterocycles. The summed E-state index contributed by atoms with van der Waals surface area (Å²) >= 11 is 5.69. The first kappa shape index (κ1) is 9.24. The van der Waals surface area contributed by atoms with Crippen LogP contribution in [-0.2, 0) is 15.3 Å². The Kier molecular flexibility index (Phi) is 2.06. The molecular formula is C10H7ClO3. The number of ether oxygens (including phenoxy) is 1. The van der Waals surface area contributed by atoms with E-state index in [9.17, 15) is 9.90 Å². The minimum Gasteiger partial charge on any atom is -0.422 e. The number of aliphatic hydroxyl groups is 1. The zero-order valence-corrected chi connectivity index (χ0v) is 7.86. The van der Waals surface area contributed by atoms with Gasteiger partial charge in [-0.25, -0.2) is 4.79 Å². The topological polar surface area (TPSA) is 46.5 Å². The third kappa shape index (κ3) is 1.52. The number of halogens is 1. The molecule has 4 heteroatoms. The van der Waals surface area contributed by atoms with Crippen LogP contribution in [0.25, 0.3) is 0 Å². The van der Waals surface area contributed by atoms with Crippen molar-refractivity contribution in [3.8, 4) is 0 Å². The lowest BCUT2D eigenvalue weighted by atomic mass is 10.1. The normalized spacial score (nSPS) is 25.1. The van der Waals surface area contributed by atoms with E-state index in [1.54, 1.807) is 24.3 Å². The Morgan fingerprint density at radius 3 is 2.43 bits per heavy atom. The second-order valence-corrected chi connectivity index (χ2v) is 3.39. The fourth-order valence-electron chi connectivity index (χ4n) is 1.25. The van der Waals surface area contributed by atoms with Crippen molar-refractivity contribution < 1.29 is 14.6 Å². The molecule has 0 bridgehead atoms. The minimum absolute atomic E-state index is 0.476. The molecule has 0 amide bonds. The van der Waals surface area contributed by atoms with Crippen molar-refractivity contribution in [1.29, 1.82) is 0 Å². The van der Waals surface area contributed by atoms with E-state index >= 15 is 0 Å². The van der Waals surface area contributed by atoms with Crippen LogP contribution in [0.4, 0.5) is 0 Å². The highest BCUT2D eigenvalue weighted by Gasteiger charge is 2.34. The molecule has 0 saturated carbocycles. The van der Waals surface area contributed by atoms with Gasteiger partial charge in [0.15, 0.2) is 0 Å². The summed E-state index contributed by atoms with van der Waals surface area (Å²) in [6.45, 7) is 0. The number of cyclic esters (lactones) is 1. The summed E-state index contributed by atoms with van der Waals surface area (Å²) in [5.41, 5.74) is 0.476. The maximum atomic E-state index is 10.8. The second kappa shape index (κ2) is 3.12. The number of hydrogen-bond acceptors (Lipinski definition) is 3. The summed E-state index contributed by atoms with van der Waals surface area (Å²) in [4.78, 5) is 10.8. The van der Waals surface area contributed by atoms with E-state index in [4.69, 9.17) is 16.3 Å². The first-order chi connectivity index (χ1) is 6.60. The van der Waals surface area contributed by atoms with Crippen LogP contribution in [0.5, 0.6) is 0 Å². The Bertz CT molecular complexity index is 396. The van der Waals surface area contributed by atoms with E-state index in [0.717, 1.165) is 0 Å². The van der Waals surface area contributed by atoms with Crippen molar-refractivity contribution in [2.75, 3.05) is 0 Å². The largest absolute Gasteiger partial charge is 0.422 e. The molecule has 0 fully saturated rings. The standard InChI is InChI=1S/C10H7ClO3/c11-8-3-1-7(2-4-8)10(13)6-5-9(12)14-10/h1-6,13H. The highest BCUT2D eigenvalue weighted by Crippen LogP contribution is 2.29. The summed E-state index contributed by atoms with van der Waals surface area (Å²) in [5, 5.41) is 10.4. The summed E-state index contributed by atoms with van der Waals surface area (Å²) in [6.07, 6.45) is 2.49. The molecule has 3 nitrogen and oxygen atoms in total. The van der Waals surface area contributed by atoms with E-state index in [1.165, 1.54) is 12.2 Å². The van der Waals surface area contributed by atoms with Gasteiger partial charge in [0.1, 0.15) is 0 Å². The Morgan fingerprint density at radius 2 is 1.93 bits per heavy atom. The van der Waals surface area contributed by atoms with Gasteiger partial charge in [0.2, 0.25) is 0 Å². The van der Waals surface area contributed by atoms with Gasteiger partial charge in [0.05, 0.1) is 0 Å². The molecule has 1 heterocycles. The molecule has 0 aliphatic carbocycles. The number of rotatable bonds is 1. The Hall–Kier alpha value is -1.32. The Labute approximate surface area is 85.6 Å². The molecule has 2 rings (SSSR count). The summed E-state index contributed by atoms with van der Waals surface area (Å²) < 4.78 is 4.74. The maximum absolute atomic E-state index is 10.8. The Balaban J connectivity index is 2.36. The Morgan fingerprint density at radius 1 is 1.29 bits per heavy atom. The summed E-state index contributed by atoms with van der Waals surface area (Å²) in [7, 11) is 0. The van der Waals surface area contributed by atoms with Crippen LogP contribution < -0.4 is 0 Å². The van der Waals surface area contributed by atoms with Gasteiger partial charge >= 0.3 is 5.97 Å². The molecule has 1 atom stereocenters. The van der Waals surface area contributed by atoms with Gasteiger partial charge in [-0.1, -0.05) is 23.7 Å². The zero-order chi connectivity index (χ0) is 10.2. The average molecular weight is 211 g/mol. The van der Waals surface area contributed by atoms with Crippen molar-refractivity contribution in [3.63, 3.8) is 0 Å². The van der Waals surface area contributed by atoms with Gasteiger partial charge in [-0.3, -0.25) is 0 Å². The second-order valence-electron chi connectivity index (χ2n) is 2.96. The van der Waals surface area contributed by atoms with Gasteiger partial charge in [0.25, 0.3) is 5.79 Å². The molecule has 1 unspecified atom stereocenters. The van der Waals surface area contributed by atoms with Crippen molar-refractivity contribution >= 4 is 17.6 Å².